The molecule has 0 saturated carbocycles. The molecule has 0 aliphatic rings. The molecular weight excluding hydrogens is 403 g/mol. The van der Waals surface area contributed by atoms with Crippen LogP contribution in [0.4, 0.5) is 13.2 Å². The lowest BCUT2D eigenvalue weighted by atomic mass is 10.1. The topological polar surface area (TPSA) is 83.4 Å². The summed E-state index contributed by atoms with van der Waals surface area (Å²) in [7, 11) is 1.61. The Morgan fingerprint density at radius 3 is 2.37 bits per heavy atom. The van der Waals surface area contributed by atoms with Gasteiger partial charge in [0.25, 0.3) is 0 Å². The van der Waals surface area contributed by atoms with Gasteiger partial charge in [0.15, 0.2) is 0 Å². The van der Waals surface area contributed by atoms with E-state index in [2.05, 4.69) is 19.8 Å². The molecule has 3 rings (SSSR count). The summed E-state index contributed by atoms with van der Waals surface area (Å²) in [6.45, 7) is 5.95. The van der Waals surface area contributed by atoms with Crippen molar-refractivity contribution in [2.75, 3.05) is 13.7 Å². The van der Waals surface area contributed by atoms with E-state index in [1.165, 1.54) is 0 Å². The summed E-state index contributed by atoms with van der Waals surface area (Å²) in [5.41, 5.74) is 2.70. The number of hydrogen-bond donors (Lipinski definition) is 0. The van der Waals surface area contributed by atoms with Crippen LogP contribution in [0.15, 0.2) is 27.2 Å². The Kier molecular flexibility index (Phi) is 6.45. The zero-order valence-corrected chi connectivity index (χ0v) is 17.0. The fourth-order valence-corrected chi connectivity index (χ4v) is 2.94. The van der Waals surface area contributed by atoms with Crippen molar-refractivity contribution in [3.05, 3.63) is 46.7 Å². The number of methoxy groups -OCH3 is 1. The molecule has 1 atom stereocenters. The van der Waals surface area contributed by atoms with E-state index in [0.29, 0.717) is 30.8 Å². The molecule has 0 aliphatic carbocycles. The molecule has 0 fully saturated rings. The summed E-state index contributed by atoms with van der Waals surface area (Å²) < 4.78 is 58.7. The number of alkyl halides is 3. The van der Waals surface area contributed by atoms with Crippen molar-refractivity contribution in [3.63, 3.8) is 0 Å². The van der Waals surface area contributed by atoms with E-state index in [1.54, 1.807) is 19.2 Å². The van der Waals surface area contributed by atoms with Crippen LogP contribution < -0.4 is 4.74 Å². The average Bonchev–Trinajstić information content (AvgIpc) is 3.35. The van der Waals surface area contributed by atoms with Crippen LogP contribution in [0.1, 0.15) is 47.9 Å². The van der Waals surface area contributed by atoms with Crippen molar-refractivity contribution in [1.82, 2.24) is 15.3 Å². The molecule has 30 heavy (non-hydrogen) atoms. The largest absolute Gasteiger partial charge is 0.493 e. The van der Waals surface area contributed by atoms with Crippen molar-refractivity contribution in [1.29, 1.82) is 0 Å². The first kappa shape index (κ1) is 21.8. The van der Waals surface area contributed by atoms with Gasteiger partial charge in [0.2, 0.25) is 5.82 Å². The molecule has 10 heteroatoms. The second kappa shape index (κ2) is 8.86. The SMILES string of the molecule is COC(C)c1cc(CCCOc2c(C)cc(-c3noc(C(F)(F)F)n3)cc2C)on1. The van der Waals surface area contributed by atoms with Gasteiger partial charge < -0.3 is 18.5 Å². The summed E-state index contributed by atoms with van der Waals surface area (Å²) in [5, 5.41) is 7.40. The van der Waals surface area contributed by atoms with Crippen LogP contribution in [-0.4, -0.2) is 29.0 Å². The minimum atomic E-state index is -4.68. The Morgan fingerprint density at radius 2 is 1.77 bits per heavy atom. The Labute approximate surface area is 171 Å². The predicted molar refractivity (Wildman–Crippen MR) is 100.0 cm³/mol. The highest BCUT2D eigenvalue weighted by atomic mass is 19.4. The molecule has 2 aromatic heterocycles. The molecule has 0 bridgehead atoms. The van der Waals surface area contributed by atoms with Gasteiger partial charge in [-0.05, 0) is 50.5 Å². The quantitative estimate of drug-likeness (QED) is 0.466. The molecule has 1 aromatic carbocycles. The fourth-order valence-electron chi connectivity index (χ4n) is 2.94. The first-order valence-electron chi connectivity index (χ1n) is 9.32. The Hall–Kier alpha value is -2.88. The van der Waals surface area contributed by atoms with Gasteiger partial charge in [0.05, 0.1) is 12.7 Å². The summed E-state index contributed by atoms with van der Waals surface area (Å²) in [6.07, 6.45) is -3.45. The third-order valence-corrected chi connectivity index (χ3v) is 4.55. The van der Waals surface area contributed by atoms with Gasteiger partial charge in [-0.3, -0.25) is 0 Å². The van der Waals surface area contributed by atoms with Crippen LogP contribution in [-0.2, 0) is 17.3 Å². The summed E-state index contributed by atoms with van der Waals surface area (Å²) in [6, 6.07) is 5.20. The van der Waals surface area contributed by atoms with Gasteiger partial charge in [-0.1, -0.05) is 10.3 Å². The maximum absolute atomic E-state index is 12.7. The van der Waals surface area contributed by atoms with Gasteiger partial charge in [-0.15, -0.1) is 0 Å². The molecule has 0 aliphatic heterocycles. The third-order valence-electron chi connectivity index (χ3n) is 4.55. The monoisotopic (exact) mass is 425 g/mol. The Balaban J connectivity index is 1.60. The van der Waals surface area contributed by atoms with Crippen LogP contribution in [0.3, 0.4) is 0 Å². The van der Waals surface area contributed by atoms with Crippen LogP contribution in [0.2, 0.25) is 0 Å². The molecule has 0 amide bonds. The first-order chi connectivity index (χ1) is 14.2. The summed E-state index contributed by atoms with van der Waals surface area (Å²) >= 11 is 0. The number of aromatic nitrogens is 3. The van der Waals surface area contributed by atoms with Crippen LogP contribution >= 0.6 is 0 Å². The number of hydrogen-bond acceptors (Lipinski definition) is 7. The molecule has 2 heterocycles. The molecule has 3 aromatic rings. The molecule has 1 unspecified atom stereocenters. The van der Waals surface area contributed by atoms with E-state index >= 15 is 0 Å². The molecule has 0 spiro atoms. The zero-order chi connectivity index (χ0) is 21.9. The van der Waals surface area contributed by atoms with Crippen molar-refractivity contribution in [3.8, 4) is 17.1 Å². The van der Waals surface area contributed by atoms with Crippen molar-refractivity contribution in [2.45, 2.75) is 45.9 Å². The van der Waals surface area contributed by atoms with E-state index in [1.807, 2.05) is 26.8 Å². The average molecular weight is 425 g/mol. The van der Waals surface area contributed by atoms with Crippen molar-refractivity contribution >= 4 is 0 Å². The summed E-state index contributed by atoms with van der Waals surface area (Å²) in [4.78, 5) is 3.42. The van der Waals surface area contributed by atoms with Gasteiger partial charge in [0.1, 0.15) is 17.2 Å². The normalized spacial score (nSPS) is 12.9. The first-order valence-corrected chi connectivity index (χ1v) is 9.32. The van der Waals surface area contributed by atoms with Crippen molar-refractivity contribution in [2.24, 2.45) is 0 Å². The smallest absolute Gasteiger partial charge is 0.471 e. The lowest BCUT2D eigenvalue weighted by Crippen LogP contribution is -2.05. The lowest BCUT2D eigenvalue weighted by Gasteiger charge is -2.13. The second-order valence-electron chi connectivity index (χ2n) is 6.91. The standard InChI is InChI=1S/C20H22F3N3O4/c1-11-8-14(18-24-19(30-26-18)20(21,22)23)9-12(2)17(11)28-7-5-6-15-10-16(25-29-15)13(3)27-4/h8-10,13H,5-7H2,1-4H3. The molecule has 0 N–H and O–H groups in total. The number of nitrogens with zero attached hydrogens (tertiary/aromatic N) is 3. The highest BCUT2D eigenvalue weighted by Gasteiger charge is 2.38. The van der Waals surface area contributed by atoms with Crippen LogP contribution in [0.5, 0.6) is 5.75 Å². The van der Waals surface area contributed by atoms with Gasteiger partial charge in [0, 0.05) is 25.2 Å². The minimum absolute atomic E-state index is 0.119. The second-order valence-corrected chi connectivity index (χ2v) is 6.91. The van der Waals surface area contributed by atoms with E-state index in [9.17, 15) is 13.2 Å². The third kappa shape index (κ3) is 4.99. The zero-order valence-electron chi connectivity index (χ0n) is 17.0. The van der Waals surface area contributed by atoms with Crippen LogP contribution in [0.25, 0.3) is 11.4 Å². The van der Waals surface area contributed by atoms with Gasteiger partial charge in [-0.2, -0.15) is 18.2 Å². The molecule has 0 saturated heterocycles. The highest BCUT2D eigenvalue weighted by Crippen LogP contribution is 2.32. The number of benzene rings is 1. The molecule has 0 radical (unpaired) electrons. The number of rotatable bonds is 8. The number of halogens is 3. The van der Waals surface area contributed by atoms with Gasteiger partial charge in [-0.25, -0.2) is 0 Å². The lowest BCUT2D eigenvalue weighted by molar-refractivity contribution is -0.159. The highest BCUT2D eigenvalue weighted by molar-refractivity contribution is 5.61. The van der Waals surface area contributed by atoms with E-state index in [0.717, 1.165) is 22.6 Å². The molecule has 162 valence electrons. The summed E-state index contributed by atoms with van der Waals surface area (Å²) in [5.74, 6) is -0.0708. The number of ether oxygens (including phenoxy) is 2. The van der Waals surface area contributed by atoms with Crippen molar-refractivity contribution < 1.29 is 31.7 Å². The van der Waals surface area contributed by atoms with Gasteiger partial charge >= 0.3 is 12.1 Å². The van der Waals surface area contributed by atoms with Crippen LogP contribution in [0, 0.1) is 13.8 Å². The van der Waals surface area contributed by atoms with E-state index < -0.39 is 12.1 Å². The fraction of sp³-hybridized carbons (Fsp3) is 0.450. The predicted octanol–water partition coefficient (Wildman–Crippen LogP) is 5.08. The molecule has 7 nitrogen and oxygen atoms in total. The maximum Gasteiger partial charge on any atom is 0.471 e. The Morgan fingerprint density at radius 1 is 1.07 bits per heavy atom. The van der Waals surface area contributed by atoms with E-state index in [-0.39, 0.29) is 11.9 Å². The molecular formula is C20H22F3N3O4. The van der Waals surface area contributed by atoms with E-state index in [4.69, 9.17) is 14.0 Å². The minimum Gasteiger partial charge on any atom is -0.493 e. The Bertz CT molecular complexity index is 974. The number of aryl methyl sites for hydroxylation is 3. The maximum atomic E-state index is 12.7.